The summed E-state index contributed by atoms with van der Waals surface area (Å²) in [5, 5.41) is 10.8. The van der Waals surface area contributed by atoms with Gasteiger partial charge in [0.1, 0.15) is 0 Å². The molecule has 0 bridgehead atoms. The molecule has 7 heteroatoms. The van der Waals surface area contributed by atoms with Crippen molar-refractivity contribution in [3.8, 4) is 0 Å². The minimum absolute atomic E-state index is 0.00319. The van der Waals surface area contributed by atoms with Crippen LogP contribution in [0.1, 0.15) is 25.3 Å². The van der Waals surface area contributed by atoms with E-state index in [0.29, 0.717) is 16.0 Å². The van der Waals surface area contributed by atoms with Crippen molar-refractivity contribution in [1.29, 1.82) is 0 Å². The monoisotopic (exact) mass is 322 g/mol. The minimum atomic E-state index is -0.222. The first-order valence-electron chi connectivity index (χ1n) is 6.64. The number of hydrogen-bond donors (Lipinski definition) is 2. The number of nitrogen functional groups attached to an aromatic ring is 1. The highest BCUT2D eigenvalue weighted by molar-refractivity contribution is 8.02. The van der Waals surface area contributed by atoms with Crippen LogP contribution in [-0.4, -0.2) is 27.9 Å². The summed E-state index contributed by atoms with van der Waals surface area (Å²) < 4.78 is 0.714. The average Bonchev–Trinajstić information content (AvgIpc) is 2.90. The van der Waals surface area contributed by atoms with Crippen LogP contribution in [0.5, 0.6) is 0 Å². The first kappa shape index (κ1) is 15.8. The molecule has 0 radical (unpaired) electrons. The summed E-state index contributed by atoms with van der Waals surface area (Å²) >= 11 is 2.67. The number of amides is 1. The van der Waals surface area contributed by atoms with Crippen LogP contribution in [0.25, 0.3) is 0 Å². The Morgan fingerprint density at radius 3 is 2.67 bits per heavy atom. The highest BCUT2D eigenvalue weighted by Gasteiger charge is 2.17. The summed E-state index contributed by atoms with van der Waals surface area (Å²) in [6, 6.07) is 10.1. The Morgan fingerprint density at radius 1 is 1.33 bits per heavy atom. The van der Waals surface area contributed by atoms with Gasteiger partial charge in [0.05, 0.1) is 5.25 Å². The highest BCUT2D eigenvalue weighted by atomic mass is 32.2. The van der Waals surface area contributed by atoms with Crippen LogP contribution < -0.4 is 11.1 Å². The molecule has 112 valence electrons. The molecule has 0 aliphatic heterocycles. The van der Waals surface area contributed by atoms with Gasteiger partial charge in [0, 0.05) is 6.54 Å². The molecule has 0 fully saturated rings. The van der Waals surface area contributed by atoms with Gasteiger partial charge >= 0.3 is 0 Å². The van der Waals surface area contributed by atoms with Crippen LogP contribution in [0.2, 0.25) is 0 Å². The molecule has 1 amide bonds. The number of nitrogens with zero attached hydrogens (tertiary/aromatic N) is 2. The van der Waals surface area contributed by atoms with E-state index in [2.05, 4.69) is 34.6 Å². The number of carbonyl (C=O) groups is 1. The van der Waals surface area contributed by atoms with Crippen molar-refractivity contribution in [3.05, 3.63) is 35.9 Å². The fourth-order valence-corrected chi connectivity index (χ4v) is 3.57. The molecular weight excluding hydrogens is 304 g/mol. The predicted octanol–water partition coefficient (Wildman–Crippen LogP) is 2.52. The number of thioether (sulfide) groups is 1. The SMILES string of the molecule is C[C@@H](Sc1nnc(N)s1)C(=O)NC[C@H](C)c1ccccc1. The standard InChI is InChI=1S/C14H18N4OS2/c1-9(11-6-4-3-5-7-11)8-16-12(19)10(2)20-14-18-17-13(15)21-14/h3-7,9-10H,8H2,1-2H3,(H2,15,17)(H,16,19)/t9-,10+/m0/s1. The smallest absolute Gasteiger partial charge is 0.233 e. The lowest BCUT2D eigenvalue weighted by molar-refractivity contribution is -0.120. The molecular formula is C14H18N4OS2. The molecule has 1 aromatic heterocycles. The van der Waals surface area contributed by atoms with Gasteiger partial charge in [-0.2, -0.15) is 0 Å². The van der Waals surface area contributed by atoms with E-state index >= 15 is 0 Å². The molecule has 2 aromatic rings. The number of hydrogen-bond acceptors (Lipinski definition) is 6. The Bertz CT molecular complexity index is 588. The van der Waals surface area contributed by atoms with Gasteiger partial charge < -0.3 is 11.1 Å². The van der Waals surface area contributed by atoms with E-state index in [0.717, 1.165) is 0 Å². The molecule has 0 saturated carbocycles. The van der Waals surface area contributed by atoms with Crippen molar-refractivity contribution in [3.63, 3.8) is 0 Å². The summed E-state index contributed by atoms with van der Waals surface area (Å²) in [7, 11) is 0. The predicted molar refractivity (Wildman–Crippen MR) is 87.5 cm³/mol. The zero-order valence-electron chi connectivity index (χ0n) is 11.9. The fraction of sp³-hybridized carbons (Fsp3) is 0.357. The lowest BCUT2D eigenvalue weighted by atomic mass is 10.0. The summed E-state index contributed by atoms with van der Waals surface area (Å²) in [6.45, 7) is 4.57. The molecule has 0 unspecified atom stereocenters. The maximum Gasteiger partial charge on any atom is 0.233 e. The number of carbonyl (C=O) groups excluding carboxylic acids is 1. The van der Waals surface area contributed by atoms with E-state index < -0.39 is 0 Å². The first-order chi connectivity index (χ1) is 10.1. The lowest BCUT2D eigenvalue weighted by Crippen LogP contribution is -2.33. The maximum absolute atomic E-state index is 12.1. The Morgan fingerprint density at radius 2 is 2.05 bits per heavy atom. The van der Waals surface area contributed by atoms with Gasteiger partial charge in [-0.1, -0.05) is 60.4 Å². The van der Waals surface area contributed by atoms with E-state index in [1.165, 1.54) is 28.7 Å². The first-order valence-corrected chi connectivity index (χ1v) is 8.34. The van der Waals surface area contributed by atoms with Crippen molar-refractivity contribution in [1.82, 2.24) is 15.5 Å². The number of aromatic nitrogens is 2. The Hall–Kier alpha value is -1.60. The zero-order chi connectivity index (χ0) is 15.2. The molecule has 1 heterocycles. The van der Waals surface area contributed by atoms with Gasteiger partial charge in [0.25, 0.3) is 0 Å². The Kier molecular flexibility index (Phi) is 5.58. The fourth-order valence-electron chi connectivity index (χ4n) is 1.77. The number of nitrogens with one attached hydrogen (secondary N) is 1. The molecule has 0 aliphatic carbocycles. The second kappa shape index (κ2) is 7.42. The van der Waals surface area contributed by atoms with E-state index in [-0.39, 0.29) is 17.1 Å². The van der Waals surface area contributed by atoms with Crippen molar-refractivity contribution < 1.29 is 4.79 Å². The third-order valence-corrected chi connectivity index (χ3v) is 4.96. The highest BCUT2D eigenvalue weighted by Crippen LogP contribution is 2.27. The van der Waals surface area contributed by atoms with Gasteiger partial charge in [-0.25, -0.2) is 0 Å². The van der Waals surface area contributed by atoms with Crippen LogP contribution in [-0.2, 0) is 4.79 Å². The minimum Gasteiger partial charge on any atom is -0.374 e. The molecule has 0 saturated heterocycles. The van der Waals surface area contributed by atoms with E-state index in [1.54, 1.807) is 0 Å². The number of nitrogens with two attached hydrogens (primary N) is 1. The lowest BCUT2D eigenvalue weighted by Gasteiger charge is -2.15. The van der Waals surface area contributed by atoms with E-state index in [4.69, 9.17) is 5.73 Å². The van der Waals surface area contributed by atoms with E-state index in [9.17, 15) is 4.79 Å². The molecule has 2 rings (SSSR count). The summed E-state index contributed by atoms with van der Waals surface area (Å²) in [4.78, 5) is 12.1. The van der Waals surface area contributed by atoms with Crippen molar-refractivity contribution >= 4 is 34.1 Å². The quantitative estimate of drug-likeness (QED) is 0.799. The molecule has 5 nitrogen and oxygen atoms in total. The summed E-state index contributed by atoms with van der Waals surface area (Å²) in [5.41, 5.74) is 6.74. The van der Waals surface area contributed by atoms with Gasteiger partial charge in [-0.05, 0) is 18.4 Å². The van der Waals surface area contributed by atoms with Gasteiger partial charge in [0.15, 0.2) is 4.34 Å². The molecule has 0 aliphatic rings. The van der Waals surface area contributed by atoms with Crippen LogP contribution in [0.15, 0.2) is 34.7 Å². The Labute approximate surface area is 132 Å². The van der Waals surface area contributed by atoms with Gasteiger partial charge in [0.2, 0.25) is 11.0 Å². The zero-order valence-corrected chi connectivity index (χ0v) is 13.6. The van der Waals surface area contributed by atoms with Crippen molar-refractivity contribution in [2.24, 2.45) is 0 Å². The van der Waals surface area contributed by atoms with Crippen molar-refractivity contribution in [2.75, 3.05) is 12.3 Å². The second-order valence-corrected chi connectivity index (χ2v) is 7.32. The maximum atomic E-state index is 12.1. The van der Waals surface area contributed by atoms with Crippen LogP contribution in [0.3, 0.4) is 0 Å². The molecule has 0 spiro atoms. The third-order valence-electron chi connectivity index (χ3n) is 3.02. The Balaban J connectivity index is 1.81. The van der Waals surface area contributed by atoms with Gasteiger partial charge in [-0.15, -0.1) is 10.2 Å². The number of rotatable bonds is 6. The summed E-state index contributed by atoms with van der Waals surface area (Å²) in [6.07, 6.45) is 0. The second-order valence-electron chi connectivity index (χ2n) is 4.72. The average molecular weight is 322 g/mol. The molecule has 3 N–H and O–H groups in total. The topological polar surface area (TPSA) is 80.9 Å². The number of anilines is 1. The largest absolute Gasteiger partial charge is 0.374 e. The van der Waals surface area contributed by atoms with Crippen molar-refractivity contribution in [2.45, 2.75) is 29.4 Å². The summed E-state index contributed by atoms with van der Waals surface area (Å²) in [5.74, 6) is 0.279. The van der Waals surface area contributed by atoms with Crippen LogP contribution >= 0.6 is 23.1 Å². The third kappa shape index (κ3) is 4.71. The van der Waals surface area contributed by atoms with Crippen LogP contribution in [0.4, 0.5) is 5.13 Å². The number of benzene rings is 1. The van der Waals surface area contributed by atoms with E-state index in [1.807, 2.05) is 25.1 Å². The molecule has 1 aromatic carbocycles. The van der Waals surface area contributed by atoms with Gasteiger partial charge in [-0.3, -0.25) is 4.79 Å². The normalized spacial score (nSPS) is 13.6. The molecule has 21 heavy (non-hydrogen) atoms. The molecule has 2 atom stereocenters. The van der Waals surface area contributed by atoms with Crippen LogP contribution in [0, 0.1) is 0 Å².